The minimum absolute atomic E-state index is 0.0575. The third kappa shape index (κ3) is 2.31. The second kappa shape index (κ2) is 5.01. The van der Waals surface area contributed by atoms with Crippen LogP contribution < -0.4 is 5.32 Å². The molecule has 0 saturated heterocycles. The molecule has 0 bridgehead atoms. The van der Waals surface area contributed by atoms with Crippen LogP contribution in [0.5, 0.6) is 0 Å². The largest absolute Gasteiger partial charge is 0.463 e. The van der Waals surface area contributed by atoms with Gasteiger partial charge in [0.25, 0.3) is 5.91 Å². The number of rotatable bonds is 4. The fourth-order valence-electron chi connectivity index (χ4n) is 1.69. The van der Waals surface area contributed by atoms with Crippen molar-refractivity contribution in [2.24, 2.45) is 0 Å². The van der Waals surface area contributed by atoms with Gasteiger partial charge in [0.05, 0.1) is 18.2 Å². The van der Waals surface area contributed by atoms with Gasteiger partial charge in [0, 0.05) is 5.39 Å². The monoisotopic (exact) mass is 233 g/mol. The zero-order valence-corrected chi connectivity index (χ0v) is 9.64. The molecule has 2 N–H and O–H groups in total. The van der Waals surface area contributed by atoms with Gasteiger partial charge in [0.1, 0.15) is 11.8 Å². The van der Waals surface area contributed by atoms with Crippen molar-refractivity contribution in [2.45, 2.75) is 19.4 Å². The maximum atomic E-state index is 12.0. The molecule has 1 aromatic heterocycles. The van der Waals surface area contributed by atoms with E-state index in [0.29, 0.717) is 17.6 Å². The second-order valence-corrected chi connectivity index (χ2v) is 3.91. The highest BCUT2D eigenvalue weighted by molar-refractivity contribution is 6.05. The van der Waals surface area contributed by atoms with Gasteiger partial charge >= 0.3 is 0 Å². The Labute approximate surface area is 99.2 Å². The van der Waals surface area contributed by atoms with Gasteiger partial charge in [-0.05, 0) is 12.5 Å². The molecule has 0 saturated carbocycles. The first-order valence-electron chi connectivity index (χ1n) is 5.64. The fourth-order valence-corrected chi connectivity index (χ4v) is 1.69. The van der Waals surface area contributed by atoms with Crippen molar-refractivity contribution in [3.05, 3.63) is 36.1 Å². The Morgan fingerprint density at radius 2 is 2.24 bits per heavy atom. The average molecular weight is 233 g/mol. The third-order valence-electron chi connectivity index (χ3n) is 2.77. The van der Waals surface area contributed by atoms with E-state index < -0.39 is 0 Å². The summed E-state index contributed by atoms with van der Waals surface area (Å²) in [5.41, 5.74) is 1.20. The normalized spacial score (nSPS) is 12.6. The number of fused-ring (bicyclic) bond motifs is 1. The number of hydrogen-bond donors (Lipinski definition) is 2. The van der Waals surface area contributed by atoms with Gasteiger partial charge in [0.2, 0.25) is 0 Å². The van der Waals surface area contributed by atoms with Crippen LogP contribution in [0, 0.1) is 0 Å². The number of amides is 1. The van der Waals surface area contributed by atoms with Crippen molar-refractivity contribution in [1.29, 1.82) is 0 Å². The highest BCUT2D eigenvalue weighted by atomic mass is 16.3. The van der Waals surface area contributed by atoms with E-state index in [1.54, 1.807) is 0 Å². The van der Waals surface area contributed by atoms with Crippen LogP contribution in [0.25, 0.3) is 11.0 Å². The zero-order chi connectivity index (χ0) is 12.3. The number of benzene rings is 1. The summed E-state index contributed by atoms with van der Waals surface area (Å²) in [5, 5.41) is 12.6. The van der Waals surface area contributed by atoms with Crippen LogP contribution >= 0.6 is 0 Å². The average Bonchev–Trinajstić information content (AvgIpc) is 2.79. The van der Waals surface area contributed by atoms with E-state index in [-0.39, 0.29) is 18.6 Å². The van der Waals surface area contributed by atoms with Crippen molar-refractivity contribution < 1.29 is 14.3 Å². The first-order valence-corrected chi connectivity index (χ1v) is 5.64. The van der Waals surface area contributed by atoms with Gasteiger partial charge in [-0.15, -0.1) is 0 Å². The number of nitrogens with one attached hydrogen (secondary N) is 1. The van der Waals surface area contributed by atoms with E-state index in [2.05, 4.69) is 5.32 Å². The molecule has 0 aliphatic heterocycles. The SMILES string of the molecule is CC[C@H](CO)NC(=O)c1coc2ccccc12. The van der Waals surface area contributed by atoms with Gasteiger partial charge in [0.15, 0.2) is 0 Å². The maximum Gasteiger partial charge on any atom is 0.255 e. The molecule has 1 atom stereocenters. The van der Waals surface area contributed by atoms with Crippen molar-refractivity contribution in [3.8, 4) is 0 Å². The summed E-state index contributed by atoms with van der Waals surface area (Å²) in [6, 6.07) is 7.16. The number of para-hydroxylation sites is 1. The molecule has 4 heteroatoms. The predicted molar refractivity (Wildman–Crippen MR) is 64.8 cm³/mol. The van der Waals surface area contributed by atoms with Gasteiger partial charge < -0.3 is 14.8 Å². The molecule has 4 nitrogen and oxygen atoms in total. The Kier molecular flexibility index (Phi) is 3.44. The molecule has 1 heterocycles. The number of aliphatic hydroxyl groups is 1. The number of aliphatic hydroxyl groups excluding tert-OH is 1. The summed E-state index contributed by atoms with van der Waals surface area (Å²) in [6.07, 6.45) is 2.14. The van der Waals surface area contributed by atoms with Crippen LogP contribution in [0.1, 0.15) is 23.7 Å². The van der Waals surface area contributed by atoms with Gasteiger partial charge in [-0.2, -0.15) is 0 Å². The summed E-state index contributed by atoms with van der Waals surface area (Å²) < 4.78 is 5.30. The lowest BCUT2D eigenvalue weighted by Gasteiger charge is -2.12. The first-order chi connectivity index (χ1) is 8.26. The minimum Gasteiger partial charge on any atom is -0.463 e. The Hall–Kier alpha value is -1.81. The molecule has 0 aliphatic rings. The second-order valence-electron chi connectivity index (χ2n) is 3.91. The molecule has 0 unspecified atom stereocenters. The fraction of sp³-hybridized carbons (Fsp3) is 0.308. The number of furan rings is 1. The van der Waals surface area contributed by atoms with Gasteiger partial charge in [-0.25, -0.2) is 0 Å². The van der Waals surface area contributed by atoms with Crippen LogP contribution in [-0.4, -0.2) is 23.7 Å². The van der Waals surface area contributed by atoms with Crippen LogP contribution in [-0.2, 0) is 0 Å². The van der Waals surface area contributed by atoms with E-state index >= 15 is 0 Å². The smallest absolute Gasteiger partial charge is 0.255 e. The molecular weight excluding hydrogens is 218 g/mol. The standard InChI is InChI=1S/C13H15NO3/c1-2-9(7-15)14-13(16)11-8-17-12-6-4-3-5-10(11)12/h3-6,8-9,15H,2,7H2,1H3,(H,14,16)/t9-/m1/s1. The maximum absolute atomic E-state index is 12.0. The topological polar surface area (TPSA) is 62.5 Å². The van der Waals surface area contributed by atoms with Crippen LogP contribution in [0.3, 0.4) is 0 Å². The molecule has 0 fully saturated rings. The Balaban J connectivity index is 2.25. The Morgan fingerprint density at radius 1 is 1.47 bits per heavy atom. The molecule has 0 radical (unpaired) electrons. The molecule has 0 spiro atoms. The van der Waals surface area contributed by atoms with E-state index in [9.17, 15) is 4.79 Å². The van der Waals surface area contributed by atoms with Crippen LogP contribution in [0.2, 0.25) is 0 Å². The van der Waals surface area contributed by atoms with E-state index in [0.717, 1.165) is 5.39 Å². The summed E-state index contributed by atoms with van der Waals surface area (Å²) in [6.45, 7) is 1.85. The lowest BCUT2D eigenvalue weighted by molar-refractivity contribution is 0.0916. The third-order valence-corrected chi connectivity index (χ3v) is 2.77. The molecule has 0 aliphatic carbocycles. The predicted octanol–water partition coefficient (Wildman–Crippen LogP) is 1.93. The number of carbonyl (C=O) groups excluding carboxylic acids is 1. The van der Waals surface area contributed by atoms with Gasteiger partial charge in [-0.3, -0.25) is 4.79 Å². The van der Waals surface area contributed by atoms with Crippen LogP contribution in [0.4, 0.5) is 0 Å². The molecule has 17 heavy (non-hydrogen) atoms. The first kappa shape index (κ1) is 11.7. The minimum atomic E-state index is -0.212. The number of carbonyl (C=O) groups is 1. The molecule has 90 valence electrons. The molecule has 1 amide bonds. The quantitative estimate of drug-likeness (QED) is 0.848. The van der Waals surface area contributed by atoms with Crippen molar-refractivity contribution in [2.75, 3.05) is 6.61 Å². The number of hydrogen-bond acceptors (Lipinski definition) is 3. The van der Waals surface area contributed by atoms with Gasteiger partial charge in [-0.1, -0.05) is 25.1 Å². The van der Waals surface area contributed by atoms with Crippen molar-refractivity contribution in [3.63, 3.8) is 0 Å². The highest BCUT2D eigenvalue weighted by Crippen LogP contribution is 2.20. The summed E-state index contributed by atoms with van der Waals surface area (Å²) in [7, 11) is 0. The molecule has 2 rings (SSSR count). The molecule has 1 aromatic carbocycles. The van der Waals surface area contributed by atoms with E-state index in [1.807, 2.05) is 31.2 Å². The van der Waals surface area contributed by atoms with E-state index in [1.165, 1.54) is 6.26 Å². The van der Waals surface area contributed by atoms with Crippen molar-refractivity contribution in [1.82, 2.24) is 5.32 Å². The summed E-state index contributed by atoms with van der Waals surface area (Å²) >= 11 is 0. The molecule has 2 aromatic rings. The lowest BCUT2D eigenvalue weighted by atomic mass is 10.1. The van der Waals surface area contributed by atoms with Crippen LogP contribution in [0.15, 0.2) is 34.9 Å². The Bertz CT molecular complexity index is 514. The zero-order valence-electron chi connectivity index (χ0n) is 9.64. The lowest BCUT2D eigenvalue weighted by Crippen LogP contribution is -2.36. The Morgan fingerprint density at radius 3 is 2.94 bits per heavy atom. The summed E-state index contributed by atoms with van der Waals surface area (Å²) in [4.78, 5) is 12.0. The highest BCUT2D eigenvalue weighted by Gasteiger charge is 2.15. The van der Waals surface area contributed by atoms with E-state index in [4.69, 9.17) is 9.52 Å². The van der Waals surface area contributed by atoms with Crippen molar-refractivity contribution >= 4 is 16.9 Å². The molecular formula is C13H15NO3. The summed E-state index contributed by atoms with van der Waals surface area (Å²) in [5.74, 6) is -0.212.